The third-order valence-corrected chi connectivity index (χ3v) is 5.13. The van der Waals surface area contributed by atoms with Crippen molar-refractivity contribution in [3.63, 3.8) is 0 Å². The number of H-pyrrole nitrogens is 1. The minimum atomic E-state index is -0.596. The Morgan fingerprint density at radius 3 is 2.41 bits per heavy atom. The molecule has 0 aliphatic rings. The average Bonchev–Trinajstić information content (AvgIpc) is 2.60. The van der Waals surface area contributed by atoms with Crippen molar-refractivity contribution in [3.8, 4) is 6.07 Å². The number of aryl methyl sites for hydroxylation is 4. The van der Waals surface area contributed by atoms with Crippen molar-refractivity contribution >= 4 is 23.5 Å². The Labute approximate surface area is 161 Å². The molecule has 0 aliphatic carbocycles. The lowest BCUT2D eigenvalue weighted by Crippen LogP contribution is -2.17. The second-order valence-corrected chi connectivity index (χ2v) is 7.24. The highest BCUT2D eigenvalue weighted by atomic mass is 32.2. The van der Waals surface area contributed by atoms with E-state index in [1.54, 1.807) is 13.0 Å². The zero-order valence-corrected chi connectivity index (χ0v) is 16.5. The molecule has 0 amide bonds. The number of Topliss-reactive ketones (excluding diaryl/α,β-unsaturated/α-hetero) is 1. The zero-order chi connectivity index (χ0) is 20.1. The maximum Gasteiger partial charge on any atom is 0.316 e. The first-order valence-electron chi connectivity index (χ1n) is 8.26. The van der Waals surface area contributed by atoms with Crippen LogP contribution in [0.15, 0.2) is 28.0 Å². The van der Waals surface area contributed by atoms with E-state index in [1.807, 2.05) is 32.9 Å². The van der Waals surface area contributed by atoms with Crippen LogP contribution in [-0.2, 0) is 9.53 Å². The number of nitrogens with zero attached hydrogens (tertiary/aromatic N) is 1. The van der Waals surface area contributed by atoms with Gasteiger partial charge in [0.1, 0.15) is 6.07 Å². The highest BCUT2D eigenvalue weighted by Crippen LogP contribution is 2.21. The zero-order valence-electron chi connectivity index (χ0n) is 15.6. The lowest BCUT2D eigenvalue weighted by Gasteiger charge is -2.10. The summed E-state index contributed by atoms with van der Waals surface area (Å²) in [5, 5.41) is 9.49. The molecule has 0 bridgehead atoms. The van der Waals surface area contributed by atoms with Crippen LogP contribution in [0.1, 0.15) is 38.2 Å². The van der Waals surface area contributed by atoms with Crippen molar-refractivity contribution < 1.29 is 14.3 Å². The standard InChI is InChI=1S/C20H20N2O4S/c1-11-5-13(3)15(6-12(11)2)17(23)9-26-19(25)10-27-20-16(8-21)14(4)7-18(24)22-20/h5-7H,9-10H2,1-4H3,(H,22,24). The minimum Gasteiger partial charge on any atom is -0.457 e. The van der Waals surface area contributed by atoms with E-state index in [9.17, 15) is 19.6 Å². The first-order valence-corrected chi connectivity index (χ1v) is 9.25. The Bertz CT molecular complexity index is 1000. The van der Waals surface area contributed by atoms with Gasteiger partial charge in [0.15, 0.2) is 6.61 Å². The number of hydrogen-bond acceptors (Lipinski definition) is 6. The van der Waals surface area contributed by atoms with Crippen LogP contribution < -0.4 is 5.56 Å². The molecule has 27 heavy (non-hydrogen) atoms. The van der Waals surface area contributed by atoms with Gasteiger partial charge in [-0.25, -0.2) is 0 Å². The smallest absolute Gasteiger partial charge is 0.316 e. The molecule has 0 saturated heterocycles. The summed E-state index contributed by atoms with van der Waals surface area (Å²) >= 11 is 0.999. The summed E-state index contributed by atoms with van der Waals surface area (Å²) in [5.41, 5.74) is 3.98. The van der Waals surface area contributed by atoms with Gasteiger partial charge < -0.3 is 9.72 Å². The molecule has 0 aliphatic heterocycles. The molecule has 1 N–H and O–H groups in total. The summed E-state index contributed by atoms with van der Waals surface area (Å²) in [6, 6.07) is 7.06. The summed E-state index contributed by atoms with van der Waals surface area (Å²) in [4.78, 5) is 38.4. The summed E-state index contributed by atoms with van der Waals surface area (Å²) in [6.07, 6.45) is 0. The van der Waals surface area contributed by atoms with Crippen LogP contribution in [0.3, 0.4) is 0 Å². The van der Waals surface area contributed by atoms with Crippen molar-refractivity contribution in [2.75, 3.05) is 12.4 Å². The number of ketones is 1. The number of ether oxygens (including phenoxy) is 1. The highest BCUT2D eigenvalue weighted by Gasteiger charge is 2.15. The molecule has 7 heteroatoms. The van der Waals surface area contributed by atoms with Crippen LogP contribution in [0.4, 0.5) is 0 Å². The quantitative estimate of drug-likeness (QED) is 0.467. The average molecular weight is 384 g/mol. The summed E-state index contributed by atoms with van der Waals surface area (Å²) in [6.45, 7) is 7.04. The predicted octanol–water partition coefficient (Wildman–Crippen LogP) is 3.00. The molecule has 6 nitrogen and oxygen atoms in total. The van der Waals surface area contributed by atoms with Gasteiger partial charge in [0, 0.05) is 11.6 Å². The second kappa shape index (κ2) is 8.69. The number of hydrogen-bond donors (Lipinski definition) is 1. The Morgan fingerprint density at radius 2 is 1.74 bits per heavy atom. The number of aromatic nitrogens is 1. The van der Waals surface area contributed by atoms with Crippen LogP contribution in [0.25, 0.3) is 0 Å². The first kappa shape index (κ1) is 20.5. The van der Waals surface area contributed by atoms with Crippen molar-refractivity contribution in [3.05, 3.63) is 61.9 Å². The number of nitrogens with one attached hydrogen (secondary N) is 1. The van der Waals surface area contributed by atoms with Crippen molar-refractivity contribution in [1.82, 2.24) is 4.98 Å². The van der Waals surface area contributed by atoms with E-state index in [-0.39, 0.29) is 23.7 Å². The molecule has 2 aromatic rings. The van der Waals surface area contributed by atoms with Crippen LogP contribution in [0.2, 0.25) is 0 Å². The lowest BCUT2D eigenvalue weighted by molar-refractivity contribution is -0.139. The van der Waals surface area contributed by atoms with E-state index in [4.69, 9.17) is 4.74 Å². The maximum atomic E-state index is 12.3. The first-order chi connectivity index (χ1) is 12.7. The van der Waals surface area contributed by atoms with E-state index < -0.39 is 5.97 Å². The molecule has 140 valence electrons. The fraction of sp³-hybridized carbons (Fsp3) is 0.300. The van der Waals surface area contributed by atoms with Crippen molar-refractivity contribution in [2.24, 2.45) is 0 Å². The molecule has 0 saturated carbocycles. The molecular weight excluding hydrogens is 364 g/mol. The third kappa shape index (κ3) is 5.08. The van der Waals surface area contributed by atoms with Gasteiger partial charge in [0.05, 0.1) is 16.3 Å². The highest BCUT2D eigenvalue weighted by molar-refractivity contribution is 7.99. The summed E-state index contributed by atoms with van der Waals surface area (Å²) in [5.74, 6) is -0.982. The van der Waals surface area contributed by atoms with Crippen LogP contribution in [0.5, 0.6) is 0 Å². The Morgan fingerprint density at radius 1 is 1.07 bits per heavy atom. The van der Waals surface area contributed by atoms with Crippen LogP contribution in [0, 0.1) is 39.0 Å². The Balaban J connectivity index is 1.98. The van der Waals surface area contributed by atoms with E-state index in [2.05, 4.69) is 4.98 Å². The molecule has 0 fully saturated rings. The number of aromatic amines is 1. The maximum absolute atomic E-state index is 12.3. The van der Waals surface area contributed by atoms with Gasteiger partial charge in [-0.1, -0.05) is 17.8 Å². The molecule has 1 aromatic heterocycles. The number of rotatable bonds is 6. The lowest BCUT2D eigenvalue weighted by atomic mass is 9.98. The van der Waals surface area contributed by atoms with Gasteiger partial charge >= 0.3 is 5.97 Å². The minimum absolute atomic E-state index is 0.118. The normalized spacial score (nSPS) is 10.3. The second-order valence-electron chi connectivity index (χ2n) is 6.26. The topological polar surface area (TPSA) is 100 Å². The van der Waals surface area contributed by atoms with Gasteiger partial charge in [0.2, 0.25) is 11.3 Å². The number of nitriles is 1. The van der Waals surface area contributed by atoms with Gasteiger partial charge in [-0.05, 0) is 56.0 Å². The number of benzene rings is 1. The monoisotopic (exact) mass is 384 g/mol. The van der Waals surface area contributed by atoms with Gasteiger partial charge in [-0.2, -0.15) is 5.26 Å². The van der Waals surface area contributed by atoms with Gasteiger partial charge in [0.25, 0.3) is 0 Å². The van der Waals surface area contributed by atoms with Crippen molar-refractivity contribution in [1.29, 1.82) is 5.26 Å². The molecule has 0 spiro atoms. The van der Waals surface area contributed by atoms with Crippen molar-refractivity contribution in [2.45, 2.75) is 32.7 Å². The summed E-state index contributed by atoms with van der Waals surface area (Å²) < 4.78 is 5.05. The number of esters is 1. The van der Waals surface area contributed by atoms with E-state index in [1.165, 1.54) is 6.07 Å². The molecule has 0 atom stereocenters. The molecule has 0 radical (unpaired) electrons. The Kier molecular flexibility index (Phi) is 6.59. The Hall–Kier alpha value is -2.85. The third-order valence-electron chi connectivity index (χ3n) is 4.16. The fourth-order valence-corrected chi connectivity index (χ4v) is 3.43. The molecule has 1 aromatic carbocycles. The van der Waals surface area contributed by atoms with Gasteiger partial charge in [-0.15, -0.1) is 0 Å². The van der Waals surface area contributed by atoms with Crippen LogP contribution in [-0.4, -0.2) is 29.1 Å². The largest absolute Gasteiger partial charge is 0.457 e. The van der Waals surface area contributed by atoms with E-state index in [0.717, 1.165) is 28.5 Å². The molecule has 0 unspecified atom stereocenters. The van der Waals surface area contributed by atoms with E-state index >= 15 is 0 Å². The predicted molar refractivity (Wildman–Crippen MR) is 103 cm³/mol. The van der Waals surface area contributed by atoms with Gasteiger partial charge in [-0.3, -0.25) is 14.4 Å². The number of thioether (sulfide) groups is 1. The fourth-order valence-electron chi connectivity index (χ4n) is 2.56. The van der Waals surface area contributed by atoms with Crippen LogP contribution >= 0.6 is 11.8 Å². The number of carbonyl (C=O) groups is 2. The number of carbonyl (C=O) groups excluding carboxylic acids is 2. The SMILES string of the molecule is Cc1cc(C)c(C(=O)COC(=O)CSc2[nH]c(=O)cc(C)c2C#N)cc1C. The molecule has 2 rings (SSSR count). The molecule has 1 heterocycles. The summed E-state index contributed by atoms with van der Waals surface area (Å²) in [7, 11) is 0. The number of pyridine rings is 1. The van der Waals surface area contributed by atoms with E-state index in [0.29, 0.717) is 21.7 Å². The molecular formula is C20H20N2O4S.